The number of thiazole rings is 1. The molecule has 0 aromatic carbocycles. The molecule has 1 heterocycles. The summed E-state index contributed by atoms with van der Waals surface area (Å²) in [5.41, 5.74) is 2.61. The van der Waals surface area contributed by atoms with Crippen LogP contribution in [0.4, 0.5) is 0 Å². The molecule has 1 unspecified atom stereocenters. The van der Waals surface area contributed by atoms with Gasteiger partial charge in [-0.3, -0.25) is 9.69 Å². The highest BCUT2D eigenvalue weighted by molar-refractivity contribution is 7.07. The van der Waals surface area contributed by atoms with E-state index in [9.17, 15) is 4.79 Å². The summed E-state index contributed by atoms with van der Waals surface area (Å²) in [5.74, 6) is -0.880. The van der Waals surface area contributed by atoms with Gasteiger partial charge in [-0.15, -0.1) is 11.3 Å². The standard InChI is InChI=1S/C9H14N2O3S/c1-11(3-7-5-15-6-10-7)8(4-14-2)9(12)13/h5-6,8H,3-4H2,1-2H3,(H,12,13). The largest absolute Gasteiger partial charge is 0.480 e. The molecule has 0 aliphatic heterocycles. The van der Waals surface area contributed by atoms with Crippen molar-refractivity contribution in [2.24, 2.45) is 0 Å². The monoisotopic (exact) mass is 230 g/mol. The maximum atomic E-state index is 10.9. The molecule has 0 amide bonds. The summed E-state index contributed by atoms with van der Waals surface area (Å²) in [6, 6.07) is -0.628. The third kappa shape index (κ3) is 3.58. The van der Waals surface area contributed by atoms with Crippen molar-refractivity contribution in [3.05, 3.63) is 16.6 Å². The van der Waals surface area contributed by atoms with Crippen LogP contribution in [0.1, 0.15) is 5.69 Å². The van der Waals surface area contributed by atoms with Gasteiger partial charge in [-0.05, 0) is 7.05 Å². The molecule has 1 aromatic heterocycles. The molecule has 0 saturated carbocycles. The summed E-state index contributed by atoms with van der Waals surface area (Å²) < 4.78 is 4.87. The Kier molecular flexibility index (Phi) is 4.67. The molecule has 1 aromatic rings. The molecule has 0 fully saturated rings. The fourth-order valence-electron chi connectivity index (χ4n) is 1.23. The van der Waals surface area contributed by atoms with Gasteiger partial charge in [0.15, 0.2) is 0 Å². The number of nitrogens with zero attached hydrogens (tertiary/aromatic N) is 2. The zero-order valence-electron chi connectivity index (χ0n) is 8.71. The molecule has 0 spiro atoms. The number of carboxylic acid groups (broad SMARTS) is 1. The van der Waals surface area contributed by atoms with E-state index in [1.165, 1.54) is 18.4 Å². The number of likely N-dealkylation sites (N-methyl/N-ethyl adjacent to an activating group) is 1. The quantitative estimate of drug-likeness (QED) is 0.778. The minimum absolute atomic E-state index is 0.177. The van der Waals surface area contributed by atoms with E-state index in [4.69, 9.17) is 9.84 Å². The van der Waals surface area contributed by atoms with Gasteiger partial charge in [0.1, 0.15) is 6.04 Å². The average molecular weight is 230 g/mol. The van der Waals surface area contributed by atoms with Crippen molar-refractivity contribution in [1.29, 1.82) is 0 Å². The van der Waals surface area contributed by atoms with Gasteiger partial charge >= 0.3 is 5.97 Å². The van der Waals surface area contributed by atoms with Crippen molar-refractivity contribution in [2.45, 2.75) is 12.6 Å². The van der Waals surface area contributed by atoms with E-state index in [-0.39, 0.29) is 6.61 Å². The van der Waals surface area contributed by atoms with Crippen LogP contribution >= 0.6 is 11.3 Å². The molecule has 1 rings (SSSR count). The van der Waals surface area contributed by atoms with Crippen LogP contribution in [-0.2, 0) is 16.1 Å². The Balaban J connectivity index is 2.56. The highest BCUT2D eigenvalue weighted by atomic mass is 32.1. The van der Waals surface area contributed by atoms with Gasteiger partial charge in [-0.2, -0.15) is 0 Å². The number of hydrogen-bond donors (Lipinski definition) is 1. The Hall–Kier alpha value is -0.980. The topological polar surface area (TPSA) is 62.7 Å². The first kappa shape index (κ1) is 12.1. The fraction of sp³-hybridized carbons (Fsp3) is 0.556. The maximum Gasteiger partial charge on any atom is 0.323 e. The molecule has 1 atom stereocenters. The summed E-state index contributed by atoms with van der Waals surface area (Å²) in [5, 5.41) is 10.9. The van der Waals surface area contributed by atoms with E-state index in [1.54, 1.807) is 17.5 Å². The van der Waals surface area contributed by atoms with E-state index in [0.717, 1.165) is 5.69 Å². The van der Waals surface area contributed by atoms with Gasteiger partial charge in [-0.1, -0.05) is 0 Å². The maximum absolute atomic E-state index is 10.9. The molecule has 0 bridgehead atoms. The molecule has 1 N–H and O–H groups in total. The van der Waals surface area contributed by atoms with E-state index in [1.807, 2.05) is 5.38 Å². The predicted molar refractivity (Wildman–Crippen MR) is 56.9 cm³/mol. The number of carbonyl (C=O) groups is 1. The Morgan fingerprint density at radius 1 is 1.80 bits per heavy atom. The number of rotatable bonds is 6. The molecular weight excluding hydrogens is 216 g/mol. The van der Waals surface area contributed by atoms with Crippen molar-refractivity contribution in [3.63, 3.8) is 0 Å². The second-order valence-electron chi connectivity index (χ2n) is 3.20. The van der Waals surface area contributed by atoms with Crippen molar-refractivity contribution in [2.75, 3.05) is 20.8 Å². The van der Waals surface area contributed by atoms with Crippen LogP contribution in [0.15, 0.2) is 10.9 Å². The minimum atomic E-state index is -0.880. The minimum Gasteiger partial charge on any atom is -0.480 e. The summed E-state index contributed by atoms with van der Waals surface area (Å²) in [6.07, 6.45) is 0. The molecule has 5 nitrogen and oxygen atoms in total. The number of hydrogen-bond acceptors (Lipinski definition) is 5. The summed E-state index contributed by atoms with van der Waals surface area (Å²) in [6.45, 7) is 0.694. The Labute approximate surface area is 92.3 Å². The normalized spacial score (nSPS) is 13.0. The van der Waals surface area contributed by atoms with Crippen molar-refractivity contribution < 1.29 is 14.6 Å². The number of aromatic nitrogens is 1. The van der Waals surface area contributed by atoms with Crippen LogP contribution in [0.25, 0.3) is 0 Å². The second-order valence-corrected chi connectivity index (χ2v) is 3.92. The third-order valence-corrected chi connectivity index (χ3v) is 2.67. The Morgan fingerprint density at radius 2 is 2.53 bits per heavy atom. The van der Waals surface area contributed by atoms with Crippen LogP contribution in [0, 0.1) is 0 Å². The fourth-order valence-corrected chi connectivity index (χ4v) is 1.78. The first-order valence-corrected chi connectivity index (χ1v) is 5.38. The Morgan fingerprint density at radius 3 is 3.00 bits per heavy atom. The molecule has 0 aliphatic carbocycles. The van der Waals surface area contributed by atoms with Gasteiger partial charge in [0.2, 0.25) is 0 Å². The van der Waals surface area contributed by atoms with Crippen molar-refractivity contribution in [3.8, 4) is 0 Å². The number of carboxylic acids is 1. The van der Waals surface area contributed by atoms with Crippen molar-refractivity contribution >= 4 is 17.3 Å². The predicted octanol–water partition coefficient (Wildman–Crippen LogP) is 0.674. The van der Waals surface area contributed by atoms with Crippen LogP contribution in [-0.4, -0.2) is 47.8 Å². The zero-order valence-corrected chi connectivity index (χ0v) is 9.53. The Bertz CT molecular complexity index is 302. The van der Waals surface area contributed by atoms with Gasteiger partial charge in [0.05, 0.1) is 17.8 Å². The molecule has 15 heavy (non-hydrogen) atoms. The third-order valence-electron chi connectivity index (χ3n) is 2.04. The van der Waals surface area contributed by atoms with E-state index in [2.05, 4.69) is 4.98 Å². The molecular formula is C9H14N2O3S. The highest BCUT2D eigenvalue weighted by Crippen LogP contribution is 2.07. The summed E-state index contributed by atoms with van der Waals surface area (Å²) in [4.78, 5) is 16.7. The van der Waals surface area contributed by atoms with E-state index >= 15 is 0 Å². The SMILES string of the molecule is COCC(C(=O)O)N(C)Cc1cscn1. The lowest BCUT2D eigenvalue weighted by molar-refractivity contribution is -0.145. The van der Waals surface area contributed by atoms with Crippen LogP contribution in [0.3, 0.4) is 0 Å². The van der Waals surface area contributed by atoms with E-state index in [0.29, 0.717) is 6.54 Å². The van der Waals surface area contributed by atoms with Crippen LogP contribution in [0.5, 0.6) is 0 Å². The number of aliphatic carboxylic acids is 1. The van der Waals surface area contributed by atoms with Crippen LogP contribution < -0.4 is 0 Å². The zero-order chi connectivity index (χ0) is 11.3. The molecule has 84 valence electrons. The molecule has 0 aliphatic rings. The van der Waals surface area contributed by atoms with Gasteiger partial charge in [0, 0.05) is 19.0 Å². The second kappa shape index (κ2) is 5.79. The lowest BCUT2D eigenvalue weighted by atomic mass is 10.2. The molecule has 0 radical (unpaired) electrons. The lowest BCUT2D eigenvalue weighted by Crippen LogP contribution is -2.41. The van der Waals surface area contributed by atoms with E-state index < -0.39 is 12.0 Å². The van der Waals surface area contributed by atoms with Crippen LogP contribution in [0.2, 0.25) is 0 Å². The molecule has 0 saturated heterocycles. The first-order chi connectivity index (χ1) is 7.15. The summed E-state index contributed by atoms with van der Waals surface area (Å²) in [7, 11) is 3.24. The highest BCUT2D eigenvalue weighted by Gasteiger charge is 2.22. The molecule has 6 heteroatoms. The number of methoxy groups -OCH3 is 1. The van der Waals surface area contributed by atoms with Gasteiger partial charge in [-0.25, -0.2) is 4.98 Å². The lowest BCUT2D eigenvalue weighted by Gasteiger charge is -2.22. The van der Waals surface area contributed by atoms with Crippen molar-refractivity contribution in [1.82, 2.24) is 9.88 Å². The smallest absolute Gasteiger partial charge is 0.323 e. The first-order valence-electron chi connectivity index (χ1n) is 4.44. The van der Waals surface area contributed by atoms with Gasteiger partial charge < -0.3 is 9.84 Å². The summed E-state index contributed by atoms with van der Waals surface area (Å²) >= 11 is 1.50. The number of ether oxygens (including phenoxy) is 1. The average Bonchev–Trinajstić information content (AvgIpc) is 2.65. The van der Waals surface area contributed by atoms with Gasteiger partial charge in [0.25, 0.3) is 0 Å².